The summed E-state index contributed by atoms with van der Waals surface area (Å²) in [6.45, 7) is 2.07. The van der Waals surface area contributed by atoms with Crippen LogP contribution in [-0.4, -0.2) is 57.1 Å². The molecule has 2 rings (SSSR count). The van der Waals surface area contributed by atoms with Crippen molar-refractivity contribution < 1.29 is 32.7 Å². The number of nitrogens with zero attached hydrogens (tertiary/aromatic N) is 1. The number of sulfone groups is 1. The first-order valence-corrected chi connectivity index (χ1v) is 11.6. The first-order valence-electron chi connectivity index (χ1n) is 9.93. The lowest BCUT2D eigenvalue weighted by Crippen LogP contribution is -2.30. The Balaban J connectivity index is 2.15. The molecule has 9 nitrogen and oxygen atoms in total. The number of benzene rings is 2. The van der Waals surface area contributed by atoms with E-state index in [1.165, 1.54) is 31.4 Å². The summed E-state index contributed by atoms with van der Waals surface area (Å²) in [5.41, 5.74) is 1.17. The summed E-state index contributed by atoms with van der Waals surface area (Å²) < 4.78 is 36.0. The smallest absolute Gasteiger partial charge is 0.246 e. The van der Waals surface area contributed by atoms with Crippen molar-refractivity contribution in [2.24, 2.45) is 0 Å². The lowest BCUT2D eigenvalue weighted by Gasteiger charge is -2.23. The van der Waals surface area contributed by atoms with Gasteiger partial charge in [-0.2, -0.15) is 0 Å². The summed E-state index contributed by atoms with van der Waals surface area (Å²) in [6.07, 6.45) is 0.158. The van der Waals surface area contributed by atoms with Crippen molar-refractivity contribution in [1.29, 1.82) is 0 Å². The van der Waals surface area contributed by atoms with E-state index in [0.717, 1.165) is 5.56 Å². The molecule has 33 heavy (non-hydrogen) atoms. The van der Waals surface area contributed by atoms with E-state index in [1.54, 1.807) is 31.2 Å². The van der Waals surface area contributed by atoms with Crippen LogP contribution in [0.4, 0.5) is 0 Å². The molecule has 0 aliphatic carbocycles. The summed E-state index contributed by atoms with van der Waals surface area (Å²) >= 11 is 0. The number of hydroxylamine groups is 2. The van der Waals surface area contributed by atoms with Gasteiger partial charge in [0.2, 0.25) is 12.3 Å². The Hall–Kier alpha value is -3.39. The van der Waals surface area contributed by atoms with Crippen molar-refractivity contribution in [2.75, 3.05) is 26.1 Å². The van der Waals surface area contributed by atoms with Gasteiger partial charge in [0.15, 0.2) is 9.84 Å². The van der Waals surface area contributed by atoms with E-state index in [4.69, 9.17) is 9.47 Å². The first kappa shape index (κ1) is 25.9. The number of carbonyl (C=O) groups excluding carboxylic acids is 2. The Labute approximate surface area is 193 Å². The van der Waals surface area contributed by atoms with Crippen LogP contribution in [0, 0.1) is 11.8 Å². The van der Waals surface area contributed by atoms with Gasteiger partial charge in [-0.15, -0.1) is 5.92 Å². The van der Waals surface area contributed by atoms with E-state index in [-0.39, 0.29) is 37.0 Å². The van der Waals surface area contributed by atoms with E-state index in [9.17, 15) is 23.2 Å². The second-order valence-electron chi connectivity index (χ2n) is 6.92. The van der Waals surface area contributed by atoms with Gasteiger partial charge < -0.3 is 14.8 Å². The highest BCUT2D eigenvalue weighted by atomic mass is 32.2. The quantitative estimate of drug-likeness (QED) is 0.208. The molecule has 2 aromatic carbocycles. The van der Waals surface area contributed by atoms with Gasteiger partial charge in [-0.05, 0) is 42.3 Å². The zero-order valence-corrected chi connectivity index (χ0v) is 19.2. The van der Waals surface area contributed by atoms with Gasteiger partial charge in [0.05, 0.1) is 16.7 Å². The minimum absolute atomic E-state index is 0.0261. The van der Waals surface area contributed by atoms with E-state index in [1.807, 2.05) is 0 Å². The number of nitrogens with one attached hydrogen (secondary N) is 1. The number of carbonyl (C=O) groups is 2. The monoisotopic (exact) mass is 474 g/mol. The largest absolute Gasteiger partial charge is 0.481 e. The molecule has 2 amide bonds. The number of rotatable bonds is 12. The Morgan fingerprint density at radius 1 is 1.18 bits per heavy atom. The van der Waals surface area contributed by atoms with Crippen molar-refractivity contribution >= 4 is 22.2 Å². The van der Waals surface area contributed by atoms with Crippen LogP contribution in [0.3, 0.4) is 0 Å². The topological polar surface area (TPSA) is 122 Å². The van der Waals surface area contributed by atoms with Crippen LogP contribution in [0.2, 0.25) is 0 Å². The molecule has 2 aromatic rings. The van der Waals surface area contributed by atoms with Gasteiger partial charge in [0, 0.05) is 13.7 Å². The summed E-state index contributed by atoms with van der Waals surface area (Å²) in [4.78, 5) is 22.7. The number of hydrogen-bond acceptors (Lipinski definition) is 7. The van der Waals surface area contributed by atoms with E-state index >= 15 is 0 Å². The molecular formula is C23H26N2O7S. The number of methoxy groups -OCH3 is 1. The average Bonchev–Trinajstić information content (AvgIpc) is 2.82. The minimum Gasteiger partial charge on any atom is -0.481 e. The molecule has 0 spiro atoms. The molecule has 0 saturated heterocycles. The number of hydrogen-bond donors (Lipinski definition) is 2. The maximum Gasteiger partial charge on any atom is 0.246 e. The van der Waals surface area contributed by atoms with Crippen molar-refractivity contribution in [3.05, 3.63) is 59.7 Å². The Kier molecular flexibility index (Phi) is 9.87. The molecular weight excluding hydrogens is 448 g/mol. The van der Waals surface area contributed by atoms with Crippen LogP contribution in [0.5, 0.6) is 5.75 Å². The van der Waals surface area contributed by atoms with Crippen LogP contribution < -0.4 is 10.1 Å². The van der Waals surface area contributed by atoms with Gasteiger partial charge in [0.25, 0.3) is 0 Å². The second-order valence-corrected chi connectivity index (χ2v) is 8.96. The van der Waals surface area contributed by atoms with Gasteiger partial charge >= 0.3 is 0 Å². The highest BCUT2D eigenvalue weighted by molar-refractivity contribution is 7.91. The van der Waals surface area contributed by atoms with Crippen molar-refractivity contribution in [2.45, 2.75) is 24.4 Å². The van der Waals surface area contributed by atoms with Gasteiger partial charge in [-0.3, -0.25) is 14.8 Å². The third kappa shape index (κ3) is 7.91. The highest BCUT2D eigenvalue weighted by Crippen LogP contribution is 2.25. The number of amides is 2. The van der Waals surface area contributed by atoms with Crippen LogP contribution >= 0.6 is 0 Å². The Bertz CT molecular complexity index is 1090. The molecule has 0 fully saturated rings. The SMILES string of the molecule is CC#CCOc1ccc(S(=O)(=O)CC(c2ccc(CNC(=O)COC)cc2)N(O)C=O)cc1. The normalized spacial score (nSPS) is 11.6. The number of ether oxygens (including phenoxy) is 2. The van der Waals surface area contributed by atoms with Crippen LogP contribution in [-0.2, 0) is 30.7 Å². The third-order valence-corrected chi connectivity index (χ3v) is 6.35. The van der Waals surface area contributed by atoms with E-state index in [2.05, 4.69) is 17.2 Å². The molecule has 0 bridgehead atoms. The molecule has 1 unspecified atom stereocenters. The molecule has 0 radical (unpaired) electrons. The molecule has 0 aliphatic rings. The molecule has 0 aliphatic heterocycles. The lowest BCUT2D eigenvalue weighted by atomic mass is 10.1. The molecule has 0 aromatic heterocycles. The van der Waals surface area contributed by atoms with E-state index < -0.39 is 21.6 Å². The van der Waals surface area contributed by atoms with Gasteiger partial charge in [0.1, 0.15) is 19.0 Å². The van der Waals surface area contributed by atoms with Gasteiger partial charge in [-0.1, -0.05) is 30.2 Å². The molecule has 1 atom stereocenters. The fourth-order valence-electron chi connectivity index (χ4n) is 2.88. The first-order chi connectivity index (χ1) is 15.8. The molecule has 10 heteroatoms. The van der Waals surface area contributed by atoms with Crippen molar-refractivity contribution in [3.8, 4) is 17.6 Å². The summed E-state index contributed by atoms with van der Waals surface area (Å²) in [5, 5.41) is 13.0. The minimum atomic E-state index is -3.86. The molecule has 0 heterocycles. The van der Waals surface area contributed by atoms with Crippen LogP contribution in [0.1, 0.15) is 24.1 Å². The summed E-state index contributed by atoms with van der Waals surface area (Å²) in [6, 6.07) is 11.2. The predicted octanol–water partition coefficient (Wildman–Crippen LogP) is 1.71. The van der Waals surface area contributed by atoms with Gasteiger partial charge in [-0.25, -0.2) is 13.5 Å². The Morgan fingerprint density at radius 3 is 2.42 bits per heavy atom. The van der Waals surface area contributed by atoms with Crippen molar-refractivity contribution in [1.82, 2.24) is 10.4 Å². The zero-order valence-electron chi connectivity index (χ0n) is 18.4. The lowest BCUT2D eigenvalue weighted by molar-refractivity contribution is -0.158. The summed E-state index contributed by atoms with van der Waals surface area (Å²) in [5.74, 6) is 5.10. The van der Waals surface area contributed by atoms with Crippen LogP contribution in [0.15, 0.2) is 53.4 Å². The molecule has 176 valence electrons. The highest BCUT2D eigenvalue weighted by Gasteiger charge is 2.27. The zero-order chi connectivity index (χ0) is 24.3. The molecule has 2 N–H and O–H groups in total. The van der Waals surface area contributed by atoms with Crippen LogP contribution in [0.25, 0.3) is 0 Å². The predicted molar refractivity (Wildman–Crippen MR) is 120 cm³/mol. The average molecular weight is 475 g/mol. The van der Waals surface area contributed by atoms with E-state index in [0.29, 0.717) is 16.4 Å². The van der Waals surface area contributed by atoms with Crippen molar-refractivity contribution in [3.63, 3.8) is 0 Å². The maximum atomic E-state index is 12.9. The standard InChI is InChI=1S/C23H26N2O7S/c1-3-4-13-32-20-9-11-21(12-10-20)33(29,30)16-22(25(28)17-26)19-7-5-18(6-8-19)14-24-23(27)15-31-2/h5-12,17,22,28H,13-16H2,1-2H3,(H,24,27). The third-order valence-electron chi connectivity index (χ3n) is 4.60. The maximum absolute atomic E-state index is 12.9. The molecule has 0 saturated carbocycles. The fourth-order valence-corrected chi connectivity index (χ4v) is 4.38. The second kappa shape index (κ2) is 12.6. The Morgan fingerprint density at radius 2 is 1.85 bits per heavy atom. The fraction of sp³-hybridized carbons (Fsp3) is 0.304. The summed E-state index contributed by atoms with van der Waals surface area (Å²) in [7, 11) is -2.44.